The van der Waals surface area contributed by atoms with Gasteiger partial charge in [0.1, 0.15) is 11.9 Å². The summed E-state index contributed by atoms with van der Waals surface area (Å²) in [6, 6.07) is 19.0. The van der Waals surface area contributed by atoms with Crippen molar-refractivity contribution in [3.05, 3.63) is 83.7 Å². The Hall–Kier alpha value is -3.49. The van der Waals surface area contributed by atoms with E-state index in [4.69, 9.17) is 0 Å². The van der Waals surface area contributed by atoms with E-state index in [1.54, 1.807) is 4.90 Å². The number of likely N-dealkylation sites (tertiary alicyclic amines) is 1. The molecule has 0 unspecified atom stereocenters. The Balaban J connectivity index is 0.00000484. The predicted octanol–water partition coefficient (Wildman–Crippen LogP) is 4.73. The summed E-state index contributed by atoms with van der Waals surface area (Å²) in [5.41, 5.74) is 1.41. The average molecular weight is 597 g/mol. The summed E-state index contributed by atoms with van der Waals surface area (Å²) in [5, 5.41) is 11.6. The van der Waals surface area contributed by atoms with Gasteiger partial charge in [-0.05, 0) is 78.9 Å². The minimum absolute atomic E-state index is 0. The zero-order valence-corrected chi connectivity index (χ0v) is 25.2. The highest BCUT2D eigenvalue weighted by Crippen LogP contribution is 2.21. The lowest BCUT2D eigenvalue weighted by Gasteiger charge is -2.32. The van der Waals surface area contributed by atoms with Gasteiger partial charge in [0.15, 0.2) is 0 Å². The monoisotopic (exact) mass is 596 g/mol. The zero-order chi connectivity index (χ0) is 29.2. The molecule has 3 amide bonds. The minimum atomic E-state index is -0.703. The number of hydrogen-bond donors (Lipinski definition) is 3. The first-order valence-electron chi connectivity index (χ1n) is 14.6. The molecule has 0 radical (unpaired) electrons. The Morgan fingerprint density at radius 3 is 2.31 bits per heavy atom. The summed E-state index contributed by atoms with van der Waals surface area (Å²) < 4.78 is 13.2. The summed E-state index contributed by atoms with van der Waals surface area (Å²) in [5.74, 6) is -0.640. The molecule has 9 heteroatoms. The van der Waals surface area contributed by atoms with Gasteiger partial charge in [-0.25, -0.2) is 4.39 Å². The van der Waals surface area contributed by atoms with Gasteiger partial charge in [-0.2, -0.15) is 0 Å². The number of fused-ring (bicyclic) bond motifs is 1. The van der Waals surface area contributed by atoms with Crippen molar-refractivity contribution in [1.29, 1.82) is 0 Å². The Bertz CT molecular complexity index is 1330. The van der Waals surface area contributed by atoms with Crippen molar-refractivity contribution in [2.24, 2.45) is 11.8 Å². The normalized spacial score (nSPS) is 14.3. The molecule has 1 aliphatic rings. The molecule has 1 fully saturated rings. The van der Waals surface area contributed by atoms with Crippen LogP contribution in [0.4, 0.5) is 4.39 Å². The number of nitrogens with zero attached hydrogens (tertiary/aromatic N) is 1. The van der Waals surface area contributed by atoms with Crippen molar-refractivity contribution in [3.63, 3.8) is 0 Å². The fourth-order valence-electron chi connectivity index (χ4n) is 5.16. The lowest BCUT2D eigenvalue weighted by atomic mass is 9.94. The van der Waals surface area contributed by atoms with Crippen LogP contribution in [0.25, 0.3) is 10.8 Å². The number of hydrogen-bond acceptors (Lipinski definition) is 4. The molecule has 3 aromatic rings. The van der Waals surface area contributed by atoms with Crippen LogP contribution >= 0.6 is 12.4 Å². The summed E-state index contributed by atoms with van der Waals surface area (Å²) in [6.45, 7) is 7.44. The van der Waals surface area contributed by atoms with Crippen molar-refractivity contribution < 1.29 is 18.8 Å². The third-order valence-corrected chi connectivity index (χ3v) is 7.51. The molecule has 1 saturated heterocycles. The second-order valence-corrected chi connectivity index (χ2v) is 11.3. The molecular weight excluding hydrogens is 555 g/mol. The third-order valence-electron chi connectivity index (χ3n) is 7.51. The van der Waals surface area contributed by atoms with Gasteiger partial charge in [0, 0.05) is 37.5 Å². The van der Waals surface area contributed by atoms with Crippen molar-refractivity contribution in [2.45, 2.75) is 45.6 Å². The van der Waals surface area contributed by atoms with Crippen molar-refractivity contribution >= 4 is 40.9 Å². The van der Waals surface area contributed by atoms with Gasteiger partial charge in [-0.3, -0.25) is 14.4 Å². The first-order valence-corrected chi connectivity index (χ1v) is 14.6. The highest BCUT2D eigenvalue weighted by Gasteiger charge is 2.30. The van der Waals surface area contributed by atoms with Gasteiger partial charge >= 0.3 is 0 Å². The van der Waals surface area contributed by atoms with Gasteiger partial charge in [0.05, 0.1) is 0 Å². The number of nitrogens with one attached hydrogen (secondary N) is 3. The van der Waals surface area contributed by atoms with E-state index < -0.39 is 6.04 Å². The van der Waals surface area contributed by atoms with E-state index >= 15 is 0 Å². The Morgan fingerprint density at radius 1 is 0.929 bits per heavy atom. The molecule has 42 heavy (non-hydrogen) atoms. The molecular formula is C33H42ClFN4O3. The average Bonchev–Trinajstić information content (AvgIpc) is 2.98. The molecule has 7 nitrogen and oxygen atoms in total. The molecule has 0 saturated carbocycles. The summed E-state index contributed by atoms with van der Waals surface area (Å²) >= 11 is 0. The summed E-state index contributed by atoms with van der Waals surface area (Å²) in [6.07, 6.45) is 2.20. The number of halogens is 2. The van der Waals surface area contributed by atoms with E-state index in [-0.39, 0.29) is 41.9 Å². The van der Waals surface area contributed by atoms with Crippen LogP contribution in [-0.2, 0) is 16.0 Å². The maximum absolute atomic E-state index is 13.3. The topological polar surface area (TPSA) is 90.5 Å². The first-order chi connectivity index (χ1) is 19.8. The van der Waals surface area contributed by atoms with Crippen LogP contribution in [0.1, 0.15) is 49.0 Å². The summed E-state index contributed by atoms with van der Waals surface area (Å²) in [4.78, 5) is 41.1. The molecule has 3 aromatic carbocycles. The molecule has 0 bridgehead atoms. The van der Waals surface area contributed by atoms with E-state index in [0.717, 1.165) is 35.8 Å². The van der Waals surface area contributed by atoms with Gasteiger partial charge in [-0.1, -0.05) is 56.3 Å². The number of rotatable bonds is 12. The van der Waals surface area contributed by atoms with Crippen LogP contribution < -0.4 is 16.0 Å². The molecule has 226 valence electrons. The predicted molar refractivity (Wildman–Crippen MR) is 167 cm³/mol. The van der Waals surface area contributed by atoms with Gasteiger partial charge in [0.25, 0.3) is 5.91 Å². The van der Waals surface area contributed by atoms with Crippen LogP contribution in [-0.4, -0.2) is 61.4 Å². The standard InChI is InChI=1S/C33H41FN4O3.ClH/c1-23(2)22-35-16-5-17-36-32(40)30(21-24-8-9-25-6-3-4-7-28(25)20-24)37-31(39)26-14-18-38(19-15-26)33(41)27-10-12-29(34)13-11-27;/h3-4,6-13,20,23,26,30,35H,5,14-19,21-22H2,1-2H3,(H,36,40)(H,37,39);1H/t30-;/m1./s1. The van der Waals surface area contributed by atoms with Crippen LogP contribution in [0, 0.1) is 17.7 Å². The van der Waals surface area contributed by atoms with Gasteiger partial charge in [0.2, 0.25) is 11.8 Å². The molecule has 1 atom stereocenters. The number of carbonyl (C=O) groups excluding carboxylic acids is 3. The van der Waals surface area contributed by atoms with E-state index in [0.29, 0.717) is 50.4 Å². The number of amides is 3. The summed E-state index contributed by atoms with van der Waals surface area (Å²) in [7, 11) is 0. The zero-order valence-electron chi connectivity index (χ0n) is 24.4. The molecule has 0 aliphatic carbocycles. The smallest absolute Gasteiger partial charge is 0.253 e. The maximum Gasteiger partial charge on any atom is 0.253 e. The third kappa shape index (κ3) is 9.53. The Labute approximate surface area is 254 Å². The van der Waals surface area contributed by atoms with Crippen molar-refractivity contribution in [2.75, 3.05) is 32.7 Å². The van der Waals surface area contributed by atoms with E-state index in [1.807, 2.05) is 36.4 Å². The molecule has 3 N–H and O–H groups in total. The fraction of sp³-hybridized carbons (Fsp3) is 0.424. The second-order valence-electron chi connectivity index (χ2n) is 11.3. The van der Waals surface area contributed by atoms with E-state index in [1.165, 1.54) is 24.3 Å². The largest absolute Gasteiger partial charge is 0.354 e. The van der Waals surface area contributed by atoms with E-state index in [9.17, 15) is 18.8 Å². The molecule has 1 aliphatic heterocycles. The fourth-order valence-corrected chi connectivity index (χ4v) is 5.16. The number of benzene rings is 3. The minimum Gasteiger partial charge on any atom is -0.354 e. The quantitative estimate of drug-likeness (QED) is 0.264. The van der Waals surface area contributed by atoms with Gasteiger partial charge in [-0.15, -0.1) is 12.4 Å². The Morgan fingerprint density at radius 2 is 1.62 bits per heavy atom. The molecule has 4 rings (SSSR count). The highest BCUT2D eigenvalue weighted by molar-refractivity contribution is 5.94. The molecule has 0 aromatic heterocycles. The molecule has 1 heterocycles. The lowest BCUT2D eigenvalue weighted by molar-refractivity contribution is -0.132. The van der Waals surface area contributed by atoms with Crippen LogP contribution in [0.5, 0.6) is 0 Å². The van der Waals surface area contributed by atoms with Gasteiger partial charge < -0.3 is 20.9 Å². The van der Waals surface area contributed by atoms with Crippen LogP contribution in [0.3, 0.4) is 0 Å². The SMILES string of the molecule is CC(C)CNCCCNC(=O)[C@@H](Cc1ccc2ccccc2c1)NC(=O)C1CCN(C(=O)c2ccc(F)cc2)CC1.Cl. The second kappa shape index (κ2) is 16.2. The van der Waals surface area contributed by atoms with E-state index in [2.05, 4.69) is 35.9 Å². The first kappa shape index (κ1) is 33.0. The van der Waals surface area contributed by atoms with Crippen LogP contribution in [0.2, 0.25) is 0 Å². The maximum atomic E-state index is 13.3. The number of piperidine rings is 1. The molecule has 0 spiro atoms. The Kier molecular flexibility index (Phi) is 12.8. The van der Waals surface area contributed by atoms with Crippen molar-refractivity contribution in [3.8, 4) is 0 Å². The number of carbonyl (C=O) groups is 3. The highest BCUT2D eigenvalue weighted by atomic mass is 35.5. The van der Waals surface area contributed by atoms with Crippen molar-refractivity contribution in [1.82, 2.24) is 20.9 Å². The van der Waals surface area contributed by atoms with Crippen LogP contribution in [0.15, 0.2) is 66.7 Å². The lowest BCUT2D eigenvalue weighted by Crippen LogP contribution is -2.51.